The highest BCUT2D eigenvalue weighted by Crippen LogP contribution is 2.32. The molecule has 0 aliphatic carbocycles. The second-order valence-corrected chi connectivity index (χ2v) is 7.28. The molecule has 4 aromatic rings. The molecule has 9 heteroatoms. The highest BCUT2D eigenvalue weighted by Gasteiger charge is 2.19. The molecule has 0 saturated carbocycles. The van der Waals surface area contributed by atoms with E-state index in [4.69, 9.17) is 4.74 Å². The van der Waals surface area contributed by atoms with Crippen molar-refractivity contribution in [3.63, 3.8) is 0 Å². The molecular weight excluding hydrogens is 397 g/mol. The summed E-state index contributed by atoms with van der Waals surface area (Å²) >= 11 is 1.27. The van der Waals surface area contributed by atoms with Crippen LogP contribution in [0.1, 0.15) is 5.56 Å². The van der Waals surface area contributed by atoms with Gasteiger partial charge in [-0.2, -0.15) is 0 Å². The number of thiophene rings is 1. The molecule has 29 heavy (non-hydrogen) atoms. The molecule has 2 aromatic carbocycles. The van der Waals surface area contributed by atoms with Gasteiger partial charge in [-0.15, -0.1) is 11.3 Å². The van der Waals surface area contributed by atoms with Gasteiger partial charge in [-0.05, 0) is 42.0 Å². The van der Waals surface area contributed by atoms with E-state index < -0.39 is 10.7 Å². The van der Waals surface area contributed by atoms with Crippen LogP contribution in [0.5, 0.6) is 5.75 Å². The second-order valence-electron chi connectivity index (χ2n) is 6.23. The van der Waals surface area contributed by atoms with Gasteiger partial charge >= 0.3 is 0 Å². The van der Waals surface area contributed by atoms with Crippen LogP contribution >= 0.6 is 11.3 Å². The summed E-state index contributed by atoms with van der Waals surface area (Å²) in [7, 11) is 1.58. The van der Waals surface area contributed by atoms with Gasteiger partial charge in [-0.3, -0.25) is 19.5 Å². The van der Waals surface area contributed by atoms with Crippen molar-refractivity contribution >= 4 is 27.2 Å². The third-order valence-electron chi connectivity index (χ3n) is 4.50. The highest BCUT2D eigenvalue weighted by atomic mass is 32.1. The summed E-state index contributed by atoms with van der Waals surface area (Å²) in [6, 6.07) is 12.8. The fourth-order valence-electron chi connectivity index (χ4n) is 3.00. The molecule has 0 spiro atoms. The Bertz CT molecular complexity index is 1280. The van der Waals surface area contributed by atoms with E-state index in [1.165, 1.54) is 34.4 Å². The normalized spacial score (nSPS) is 11.0. The molecule has 0 aliphatic heterocycles. The van der Waals surface area contributed by atoms with E-state index in [2.05, 4.69) is 4.98 Å². The van der Waals surface area contributed by atoms with Crippen molar-refractivity contribution in [1.29, 1.82) is 0 Å². The summed E-state index contributed by atoms with van der Waals surface area (Å²) in [6.45, 7) is -0.277. The van der Waals surface area contributed by atoms with E-state index in [-0.39, 0.29) is 23.4 Å². The monoisotopic (exact) mass is 411 g/mol. The average Bonchev–Trinajstić information content (AvgIpc) is 3.16. The Balaban J connectivity index is 1.76. The van der Waals surface area contributed by atoms with E-state index >= 15 is 0 Å². The fourth-order valence-corrected chi connectivity index (χ4v) is 4.07. The minimum Gasteiger partial charge on any atom is -0.497 e. The molecule has 0 aliphatic rings. The predicted octanol–water partition coefficient (Wildman–Crippen LogP) is 4.23. The third-order valence-corrected chi connectivity index (χ3v) is 5.66. The van der Waals surface area contributed by atoms with Crippen LogP contribution in [-0.2, 0) is 6.54 Å². The number of methoxy groups -OCH3 is 1. The first-order chi connectivity index (χ1) is 14.0. The van der Waals surface area contributed by atoms with Crippen molar-refractivity contribution < 1.29 is 14.1 Å². The zero-order valence-corrected chi connectivity index (χ0v) is 16.0. The summed E-state index contributed by atoms with van der Waals surface area (Å²) in [5.74, 6) is -0.0156. The number of hydrogen-bond acceptors (Lipinski definition) is 6. The van der Waals surface area contributed by atoms with Crippen LogP contribution in [0.3, 0.4) is 0 Å². The Kier molecular flexibility index (Phi) is 4.81. The van der Waals surface area contributed by atoms with E-state index in [1.54, 1.807) is 13.2 Å². The second kappa shape index (κ2) is 7.44. The third kappa shape index (κ3) is 3.47. The number of hydrogen-bond donors (Lipinski definition) is 0. The molecule has 0 bridgehead atoms. The first-order valence-corrected chi connectivity index (χ1v) is 9.35. The SMILES string of the molecule is COc1ccc(-c2cc3ncn(Cc4c(F)cccc4[N+](=O)[O-])c(=O)c3s2)cc1. The molecule has 0 radical (unpaired) electrons. The molecule has 7 nitrogen and oxygen atoms in total. The van der Waals surface area contributed by atoms with Crippen LogP contribution in [0.15, 0.2) is 59.7 Å². The standard InChI is InChI=1S/C20H14FN3O4S/c1-28-13-7-5-12(6-8-13)18-9-16-19(29-18)20(25)23(11-22-16)10-14-15(21)3-2-4-17(14)24(26)27/h2-9,11H,10H2,1H3. The van der Waals surface area contributed by atoms with Gasteiger partial charge in [-0.25, -0.2) is 9.37 Å². The van der Waals surface area contributed by atoms with Crippen molar-refractivity contribution in [1.82, 2.24) is 9.55 Å². The van der Waals surface area contributed by atoms with Crippen molar-refractivity contribution in [3.8, 4) is 16.2 Å². The number of rotatable bonds is 5. The topological polar surface area (TPSA) is 87.3 Å². The van der Waals surface area contributed by atoms with Gasteiger partial charge in [0.25, 0.3) is 11.2 Å². The Morgan fingerprint density at radius 2 is 2.00 bits per heavy atom. The number of nitrogens with zero attached hydrogens (tertiary/aromatic N) is 3. The first-order valence-electron chi connectivity index (χ1n) is 8.53. The van der Waals surface area contributed by atoms with Crippen molar-refractivity contribution in [2.45, 2.75) is 6.54 Å². The van der Waals surface area contributed by atoms with Crippen molar-refractivity contribution in [2.75, 3.05) is 7.11 Å². The highest BCUT2D eigenvalue weighted by molar-refractivity contribution is 7.22. The molecule has 2 aromatic heterocycles. The van der Waals surface area contributed by atoms with Gasteiger partial charge in [0, 0.05) is 10.9 Å². The maximum atomic E-state index is 14.2. The maximum absolute atomic E-state index is 14.2. The molecule has 146 valence electrons. The van der Waals surface area contributed by atoms with Crippen LogP contribution in [0, 0.1) is 15.9 Å². The number of nitro groups is 1. The molecule has 4 rings (SSSR count). The molecule has 0 unspecified atom stereocenters. The van der Waals surface area contributed by atoms with Crippen LogP contribution in [0.25, 0.3) is 20.7 Å². The summed E-state index contributed by atoms with van der Waals surface area (Å²) in [6.07, 6.45) is 1.28. The van der Waals surface area contributed by atoms with Gasteiger partial charge in [0.05, 0.1) is 36.0 Å². The van der Waals surface area contributed by atoms with E-state index in [0.29, 0.717) is 10.2 Å². The minimum atomic E-state index is -0.740. The van der Waals surface area contributed by atoms with Crippen LogP contribution in [0.4, 0.5) is 10.1 Å². The molecule has 0 fully saturated rings. The first kappa shape index (κ1) is 18.8. The van der Waals surface area contributed by atoms with Gasteiger partial charge in [0.2, 0.25) is 0 Å². The van der Waals surface area contributed by atoms with Crippen molar-refractivity contribution in [2.24, 2.45) is 0 Å². The maximum Gasteiger partial charge on any atom is 0.277 e. The van der Waals surface area contributed by atoms with E-state index in [1.807, 2.05) is 24.3 Å². The lowest BCUT2D eigenvalue weighted by molar-refractivity contribution is -0.385. The lowest BCUT2D eigenvalue weighted by atomic mass is 10.1. The zero-order chi connectivity index (χ0) is 20.5. The number of aromatic nitrogens is 2. The van der Waals surface area contributed by atoms with Gasteiger partial charge in [-0.1, -0.05) is 6.07 Å². The van der Waals surface area contributed by atoms with Gasteiger partial charge < -0.3 is 4.74 Å². The molecule has 0 saturated heterocycles. The largest absolute Gasteiger partial charge is 0.497 e. The zero-order valence-electron chi connectivity index (χ0n) is 15.2. The van der Waals surface area contributed by atoms with Gasteiger partial charge in [0.15, 0.2) is 0 Å². The number of nitro benzene ring substituents is 1. The fraction of sp³-hybridized carbons (Fsp3) is 0.100. The Morgan fingerprint density at radius 3 is 2.69 bits per heavy atom. The molecule has 0 amide bonds. The smallest absolute Gasteiger partial charge is 0.277 e. The number of halogens is 1. The quantitative estimate of drug-likeness (QED) is 0.362. The summed E-state index contributed by atoms with van der Waals surface area (Å²) in [4.78, 5) is 28.6. The number of benzene rings is 2. The summed E-state index contributed by atoms with van der Waals surface area (Å²) in [5.41, 5.74) is 0.515. The number of fused-ring (bicyclic) bond motifs is 1. The lowest BCUT2D eigenvalue weighted by Gasteiger charge is -2.07. The predicted molar refractivity (Wildman–Crippen MR) is 108 cm³/mol. The van der Waals surface area contributed by atoms with E-state index in [9.17, 15) is 19.3 Å². The number of ether oxygens (including phenoxy) is 1. The summed E-state index contributed by atoms with van der Waals surface area (Å²) in [5, 5.41) is 11.2. The van der Waals surface area contributed by atoms with Crippen molar-refractivity contribution in [3.05, 3.63) is 86.7 Å². The molecule has 2 heterocycles. The minimum absolute atomic E-state index is 0.160. The summed E-state index contributed by atoms with van der Waals surface area (Å²) < 4.78 is 20.9. The Hall–Kier alpha value is -3.59. The Morgan fingerprint density at radius 1 is 1.24 bits per heavy atom. The average molecular weight is 411 g/mol. The van der Waals surface area contributed by atoms with Crippen LogP contribution < -0.4 is 10.3 Å². The lowest BCUT2D eigenvalue weighted by Crippen LogP contribution is -2.21. The van der Waals surface area contributed by atoms with Gasteiger partial charge in [0.1, 0.15) is 16.3 Å². The van der Waals surface area contributed by atoms with Crippen LogP contribution in [-0.4, -0.2) is 21.6 Å². The van der Waals surface area contributed by atoms with Crippen LogP contribution in [0.2, 0.25) is 0 Å². The molecule has 0 atom stereocenters. The Labute approximate surface area is 167 Å². The molecule has 0 N–H and O–H groups in total. The molecular formula is C20H14FN3O4S. The van der Waals surface area contributed by atoms with E-state index in [0.717, 1.165) is 22.3 Å².